The third-order valence-electron chi connectivity index (χ3n) is 3.82. The van der Waals surface area contributed by atoms with Crippen molar-refractivity contribution in [2.24, 2.45) is 0 Å². The van der Waals surface area contributed by atoms with Crippen LogP contribution in [0.1, 0.15) is 10.4 Å². The molecule has 0 aliphatic rings. The average molecular weight is 419 g/mol. The summed E-state index contributed by atoms with van der Waals surface area (Å²) in [6, 6.07) is 13.5. The summed E-state index contributed by atoms with van der Waals surface area (Å²) in [4.78, 5) is 20.7. The molecule has 0 aliphatic heterocycles. The Bertz CT molecular complexity index is 1170. The number of benzene rings is 2. The summed E-state index contributed by atoms with van der Waals surface area (Å²) < 4.78 is 5.76. The molecule has 2 aromatic heterocycles. The van der Waals surface area contributed by atoms with Gasteiger partial charge >= 0.3 is 0 Å². The van der Waals surface area contributed by atoms with Crippen molar-refractivity contribution in [3.63, 3.8) is 0 Å². The van der Waals surface area contributed by atoms with Gasteiger partial charge in [0.15, 0.2) is 5.58 Å². The summed E-state index contributed by atoms with van der Waals surface area (Å²) in [6.45, 7) is 0. The molecule has 1 N–H and O–H groups in total. The number of carbonyl (C=O) groups is 1. The summed E-state index contributed by atoms with van der Waals surface area (Å²) in [7, 11) is 0. The van der Waals surface area contributed by atoms with Crippen LogP contribution < -0.4 is 5.32 Å². The number of rotatable bonds is 3. The lowest BCUT2D eigenvalue weighted by atomic mass is 10.2. The monoisotopic (exact) mass is 417 g/mol. The second-order valence-corrected chi connectivity index (χ2v) is 6.80. The lowest BCUT2D eigenvalue weighted by Crippen LogP contribution is -2.12. The molecule has 5 nitrogen and oxygen atoms in total. The lowest BCUT2D eigenvalue weighted by Gasteiger charge is -2.05. The van der Waals surface area contributed by atoms with Gasteiger partial charge in [-0.25, -0.2) is 9.97 Å². The average Bonchev–Trinajstić information content (AvgIpc) is 3.07. The molecule has 0 unspecified atom stereocenters. The molecule has 0 atom stereocenters. The molecule has 0 radical (unpaired) electrons. The number of pyridine rings is 1. The molecule has 0 fully saturated rings. The fourth-order valence-corrected chi connectivity index (χ4v) is 3.01. The quantitative estimate of drug-likeness (QED) is 0.408. The largest absolute Gasteiger partial charge is 0.436 e. The number of hydrogen-bond acceptors (Lipinski definition) is 4. The van der Waals surface area contributed by atoms with E-state index in [9.17, 15) is 4.79 Å². The van der Waals surface area contributed by atoms with E-state index >= 15 is 0 Å². The molecule has 2 aromatic carbocycles. The van der Waals surface area contributed by atoms with E-state index in [2.05, 4.69) is 15.3 Å². The van der Waals surface area contributed by atoms with Crippen LogP contribution in [0.4, 0.5) is 5.69 Å². The van der Waals surface area contributed by atoms with Crippen LogP contribution >= 0.6 is 34.8 Å². The Labute approximate surface area is 168 Å². The van der Waals surface area contributed by atoms with Crippen molar-refractivity contribution in [1.29, 1.82) is 0 Å². The van der Waals surface area contributed by atoms with Crippen molar-refractivity contribution in [2.75, 3.05) is 5.32 Å². The van der Waals surface area contributed by atoms with E-state index in [1.807, 2.05) is 0 Å². The molecular weight excluding hydrogens is 409 g/mol. The molecule has 27 heavy (non-hydrogen) atoms. The van der Waals surface area contributed by atoms with Crippen LogP contribution in [0.5, 0.6) is 0 Å². The topological polar surface area (TPSA) is 68.0 Å². The molecule has 0 saturated heterocycles. The first-order chi connectivity index (χ1) is 13.0. The maximum atomic E-state index is 12.4. The van der Waals surface area contributed by atoms with Gasteiger partial charge in [-0.1, -0.05) is 34.8 Å². The lowest BCUT2D eigenvalue weighted by molar-refractivity contribution is 0.102. The van der Waals surface area contributed by atoms with Gasteiger partial charge in [-0.05, 0) is 48.5 Å². The van der Waals surface area contributed by atoms with Crippen LogP contribution in [0.25, 0.3) is 22.6 Å². The van der Waals surface area contributed by atoms with E-state index in [4.69, 9.17) is 39.2 Å². The normalized spacial score (nSPS) is 10.9. The highest BCUT2D eigenvalue weighted by atomic mass is 35.5. The Morgan fingerprint density at radius 3 is 2.63 bits per heavy atom. The SMILES string of the molecule is O=C(Nc1ccc2oc(-c3ccc(Cl)c(Cl)c3)nc2c1)c1cccnc1Cl. The molecule has 1 amide bonds. The Kier molecular flexibility index (Phi) is 4.74. The standard InChI is InChI=1S/C19H10Cl3N3O2/c20-13-5-3-10(8-14(13)21)19-25-15-9-11(4-6-16(15)27-19)24-18(26)12-2-1-7-23-17(12)22/h1-9H,(H,24,26). The number of carbonyl (C=O) groups excluding carboxylic acids is 1. The minimum Gasteiger partial charge on any atom is -0.436 e. The van der Waals surface area contributed by atoms with E-state index in [0.717, 1.165) is 0 Å². The molecule has 134 valence electrons. The minimum absolute atomic E-state index is 0.138. The van der Waals surface area contributed by atoms with Crippen molar-refractivity contribution in [2.45, 2.75) is 0 Å². The van der Waals surface area contributed by atoms with Gasteiger partial charge in [-0.15, -0.1) is 0 Å². The fraction of sp³-hybridized carbons (Fsp3) is 0. The Balaban J connectivity index is 1.64. The summed E-state index contributed by atoms with van der Waals surface area (Å²) in [5, 5.41) is 3.78. The van der Waals surface area contributed by atoms with Gasteiger partial charge in [0.25, 0.3) is 5.91 Å². The first kappa shape index (κ1) is 17.8. The zero-order valence-electron chi connectivity index (χ0n) is 13.5. The van der Waals surface area contributed by atoms with E-state index in [-0.39, 0.29) is 16.6 Å². The maximum absolute atomic E-state index is 12.4. The number of hydrogen-bond donors (Lipinski definition) is 1. The summed E-state index contributed by atoms with van der Waals surface area (Å²) in [5.41, 5.74) is 2.71. The zero-order chi connectivity index (χ0) is 19.0. The molecule has 4 rings (SSSR count). The van der Waals surface area contributed by atoms with Gasteiger partial charge in [0.2, 0.25) is 5.89 Å². The Morgan fingerprint density at radius 1 is 1.00 bits per heavy atom. The van der Waals surface area contributed by atoms with Crippen molar-refractivity contribution >= 4 is 57.5 Å². The predicted octanol–water partition coefficient (Wildman–Crippen LogP) is 6.10. The van der Waals surface area contributed by atoms with Crippen LogP contribution in [0.3, 0.4) is 0 Å². The van der Waals surface area contributed by atoms with Gasteiger partial charge in [0.1, 0.15) is 10.7 Å². The third kappa shape index (κ3) is 3.62. The number of nitrogens with zero attached hydrogens (tertiary/aromatic N) is 2. The first-order valence-corrected chi connectivity index (χ1v) is 8.92. The van der Waals surface area contributed by atoms with E-state index in [1.54, 1.807) is 48.5 Å². The van der Waals surface area contributed by atoms with Crippen molar-refractivity contribution < 1.29 is 9.21 Å². The van der Waals surface area contributed by atoms with Gasteiger partial charge in [0, 0.05) is 17.4 Å². The maximum Gasteiger partial charge on any atom is 0.258 e. The van der Waals surface area contributed by atoms with E-state index < -0.39 is 0 Å². The second kappa shape index (κ2) is 7.19. The molecule has 0 aliphatic carbocycles. The van der Waals surface area contributed by atoms with Gasteiger partial charge < -0.3 is 9.73 Å². The van der Waals surface area contributed by atoms with Crippen LogP contribution in [0.2, 0.25) is 15.2 Å². The number of anilines is 1. The number of nitrogens with one attached hydrogen (secondary N) is 1. The van der Waals surface area contributed by atoms with Crippen LogP contribution in [0.15, 0.2) is 59.1 Å². The number of aromatic nitrogens is 2. The number of amides is 1. The first-order valence-electron chi connectivity index (χ1n) is 7.79. The summed E-state index contributed by atoms with van der Waals surface area (Å²) in [6.07, 6.45) is 1.52. The van der Waals surface area contributed by atoms with E-state index in [0.29, 0.717) is 38.3 Å². The van der Waals surface area contributed by atoms with Gasteiger partial charge in [-0.3, -0.25) is 4.79 Å². The van der Waals surface area contributed by atoms with Crippen LogP contribution in [-0.4, -0.2) is 15.9 Å². The molecule has 0 saturated carbocycles. The molecule has 0 spiro atoms. The van der Waals surface area contributed by atoms with E-state index in [1.165, 1.54) is 6.20 Å². The fourth-order valence-electron chi connectivity index (χ4n) is 2.51. The zero-order valence-corrected chi connectivity index (χ0v) is 15.8. The Hall–Kier alpha value is -2.60. The smallest absolute Gasteiger partial charge is 0.258 e. The molecule has 8 heteroatoms. The number of halogens is 3. The summed E-state index contributed by atoms with van der Waals surface area (Å²) in [5.74, 6) is 0.0444. The second-order valence-electron chi connectivity index (χ2n) is 5.63. The van der Waals surface area contributed by atoms with Crippen molar-refractivity contribution in [1.82, 2.24) is 9.97 Å². The Morgan fingerprint density at radius 2 is 1.85 bits per heavy atom. The molecule has 2 heterocycles. The highest BCUT2D eigenvalue weighted by Crippen LogP contribution is 2.31. The van der Waals surface area contributed by atoms with Crippen LogP contribution in [0, 0.1) is 0 Å². The summed E-state index contributed by atoms with van der Waals surface area (Å²) >= 11 is 17.9. The van der Waals surface area contributed by atoms with Crippen molar-refractivity contribution in [3.8, 4) is 11.5 Å². The third-order valence-corrected chi connectivity index (χ3v) is 4.86. The predicted molar refractivity (Wildman–Crippen MR) is 107 cm³/mol. The molecule has 0 bridgehead atoms. The minimum atomic E-state index is -0.361. The number of fused-ring (bicyclic) bond motifs is 1. The van der Waals surface area contributed by atoms with Gasteiger partial charge in [0.05, 0.1) is 15.6 Å². The van der Waals surface area contributed by atoms with Gasteiger partial charge in [-0.2, -0.15) is 0 Å². The highest BCUT2D eigenvalue weighted by molar-refractivity contribution is 6.42. The van der Waals surface area contributed by atoms with Crippen LogP contribution in [-0.2, 0) is 0 Å². The molecular formula is C19H10Cl3N3O2. The van der Waals surface area contributed by atoms with Crippen molar-refractivity contribution in [3.05, 3.63) is 75.5 Å². The number of oxazole rings is 1. The molecule has 4 aromatic rings. The highest BCUT2D eigenvalue weighted by Gasteiger charge is 2.13.